The van der Waals surface area contributed by atoms with E-state index in [-0.39, 0.29) is 5.82 Å². The number of ether oxygens (including phenoxy) is 1. The Bertz CT molecular complexity index is 309. The number of hydrogen-bond acceptors (Lipinski definition) is 1. The SMILES string of the molecule is CCCOc1ccc(C(C)CC)cc1F. The first-order valence-corrected chi connectivity index (χ1v) is 5.61. The Morgan fingerprint density at radius 2 is 2.07 bits per heavy atom. The van der Waals surface area contributed by atoms with Crippen LogP contribution in [0.2, 0.25) is 0 Å². The summed E-state index contributed by atoms with van der Waals surface area (Å²) in [6.45, 7) is 6.77. The molecule has 0 spiro atoms. The molecule has 1 aromatic carbocycles. The van der Waals surface area contributed by atoms with Crippen molar-refractivity contribution in [1.82, 2.24) is 0 Å². The average Bonchev–Trinajstić information content (AvgIpc) is 2.26. The minimum atomic E-state index is -0.249. The molecule has 0 radical (unpaired) electrons. The molecule has 1 nitrogen and oxygen atoms in total. The fourth-order valence-corrected chi connectivity index (χ4v) is 1.39. The second kappa shape index (κ2) is 5.74. The van der Waals surface area contributed by atoms with Crippen LogP contribution in [0.25, 0.3) is 0 Å². The predicted octanol–water partition coefficient (Wildman–Crippen LogP) is 4.13. The zero-order chi connectivity index (χ0) is 11.3. The fourth-order valence-electron chi connectivity index (χ4n) is 1.39. The Hall–Kier alpha value is -1.05. The molecule has 0 bridgehead atoms. The van der Waals surface area contributed by atoms with E-state index in [1.807, 2.05) is 13.0 Å². The van der Waals surface area contributed by atoms with Crippen LogP contribution < -0.4 is 4.74 Å². The first kappa shape index (κ1) is 12.0. The molecule has 0 amide bonds. The summed E-state index contributed by atoms with van der Waals surface area (Å²) < 4.78 is 18.8. The topological polar surface area (TPSA) is 9.23 Å². The van der Waals surface area contributed by atoms with Crippen LogP contribution in [0.3, 0.4) is 0 Å². The van der Waals surface area contributed by atoms with Gasteiger partial charge in [0.15, 0.2) is 11.6 Å². The second-order valence-electron chi connectivity index (χ2n) is 3.85. The van der Waals surface area contributed by atoms with Crippen molar-refractivity contribution in [3.63, 3.8) is 0 Å². The standard InChI is InChI=1S/C13H19FO/c1-4-8-15-13-7-6-11(9-12(13)14)10(3)5-2/h6-7,9-10H,4-5,8H2,1-3H3. The van der Waals surface area contributed by atoms with E-state index in [0.29, 0.717) is 18.3 Å². The normalized spacial score (nSPS) is 12.5. The second-order valence-corrected chi connectivity index (χ2v) is 3.85. The third-order valence-corrected chi connectivity index (χ3v) is 2.60. The molecule has 0 saturated heterocycles. The molecular formula is C13H19FO. The van der Waals surface area contributed by atoms with Gasteiger partial charge in [0.05, 0.1) is 6.61 Å². The Morgan fingerprint density at radius 3 is 2.60 bits per heavy atom. The Labute approximate surface area is 91.3 Å². The summed E-state index contributed by atoms with van der Waals surface area (Å²) in [4.78, 5) is 0. The largest absolute Gasteiger partial charge is 0.491 e. The van der Waals surface area contributed by atoms with Gasteiger partial charge < -0.3 is 4.74 Å². The number of hydrogen-bond donors (Lipinski definition) is 0. The van der Waals surface area contributed by atoms with Gasteiger partial charge in [-0.05, 0) is 36.5 Å². The smallest absolute Gasteiger partial charge is 0.165 e. The van der Waals surface area contributed by atoms with Gasteiger partial charge >= 0.3 is 0 Å². The van der Waals surface area contributed by atoms with E-state index >= 15 is 0 Å². The maximum absolute atomic E-state index is 13.5. The molecule has 84 valence electrons. The Kier molecular flexibility index (Phi) is 4.60. The molecular weight excluding hydrogens is 191 g/mol. The van der Waals surface area contributed by atoms with Gasteiger partial charge in [0, 0.05) is 0 Å². The summed E-state index contributed by atoms with van der Waals surface area (Å²) >= 11 is 0. The quantitative estimate of drug-likeness (QED) is 0.710. The van der Waals surface area contributed by atoms with Crippen molar-refractivity contribution in [1.29, 1.82) is 0 Å². The lowest BCUT2D eigenvalue weighted by Gasteiger charge is -2.11. The summed E-state index contributed by atoms with van der Waals surface area (Å²) in [6, 6.07) is 5.26. The van der Waals surface area contributed by atoms with Crippen molar-refractivity contribution in [2.24, 2.45) is 0 Å². The Morgan fingerprint density at radius 1 is 1.33 bits per heavy atom. The lowest BCUT2D eigenvalue weighted by Crippen LogP contribution is -1.99. The first-order chi connectivity index (χ1) is 7.19. The molecule has 15 heavy (non-hydrogen) atoms. The van der Waals surface area contributed by atoms with Crippen LogP contribution in [-0.4, -0.2) is 6.61 Å². The molecule has 0 aromatic heterocycles. The van der Waals surface area contributed by atoms with Crippen LogP contribution in [0.5, 0.6) is 5.75 Å². The van der Waals surface area contributed by atoms with E-state index in [4.69, 9.17) is 4.74 Å². The molecule has 0 aliphatic heterocycles. The predicted molar refractivity (Wildman–Crippen MR) is 60.9 cm³/mol. The number of halogens is 1. The van der Waals surface area contributed by atoms with Crippen molar-refractivity contribution in [2.45, 2.75) is 39.5 Å². The molecule has 1 unspecified atom stereocenters. The van der Waals surface area contributed by atoms with Crippen LogP contribution in [-0.2, 0) is 0 Å². The van der Waals surface area contributed by atoms with Crippen molar-refractivity contribution in [3.8, 4) is 5.75 Å². The van der Waals surface area contributed by atoms with Crippen LogP contribution in [0, 0.1) is 5.82 Å². The Balaban J connectivity index is 2.78. The van der Waals surface area contributed by atoms with Crippen molar-refractivity contribution >= 4 is 0 Å². The van der Waals surface area contributed by atoms with E-state index in [1.165, 1.54) is 0 Å². The minimum absolute atomic E-state index is 0.249. The van der Waals surface area contributed by atoms with Gasteiger partial charge in [-0.3, -0.25) is 0 Å². The van der Waals surface area contributed by atoms with Crippen molar-refractivity contribution < 1.29 is 9.13 Å². The van der Waals surface area contributed by atoms with Gasteiger partial charge in [-0.15, -0.1) is 0 Å². The highest BCUT2D eigenvalue weighted by atomic mass is 19.1. The highest BCUT2D eigenvalue weighted by Gasteiger charge is 2.08. The zero-order valence-corrected chi connectivity index (χ0v) is 9.72. The van der Waals surface area contributed by atoms with Gasteiger partial charge in [-0.2, -0.15) is 0 Å². The van der Waals surface area contributed by atoms with E-state index in [1.54, 1.807) is 12.1 Å². The van der Waals surface area contributed by atoms with Gasteiger partial charge in [0.25, 0.3) is 0 Å². The maximum Gasteiger partial charge on any atom is 0.165 e. The van der Waals surface area contributed by atoms with E-state index < -0.39 is 0 Å². The number of benzene rings is 1. The summed E-state index contributed by atoms with van der Waals surface area (Å²) in [7, 11) is 0. The molecule has 0 aliphatic carbocycles. The molecule has 0 fully saturated rings. The molecule has 0 N–H and O–H groups in total. The van der Waals surface area contributed by atoms with E-state index in [9.17, 15) is 4.39 Å². The lowest BCUT2D eigenvalue weighted by atomic mass is 9.98. The summed E-state index contributed by atoms with van der Waals surface area (Å²) in [5.74, 6) is 0.518. The minimum Gasteiger partial charge on any atom is -0.491 e. The van der Waals surface area contributed by atoms with Gasteiger partial charge in [0.2, 0.25) is 0 Å². The average molecular weight is 210 g/mol. The zero-order valence-electron chi connectivity index (χ0n) is 9.72. The summed E-state index contributed by atoms with van der Waals surface area (Å²) in [5.41, 5.74) is 1.04. The van der Waals surface area contributed by atoms with Gasteiger partial charge in [-0.25, -0.2) is 4.39 Å². The molecule has 2 heteroatoms. The molecule has 1 rings (SSSR count). The van der Waals surface area contributed by atoms with Crippen molar-refractivity contribution in [3.05, 3.63) is 29.6 Å². The van der Waals surface area contributed by atoms with Crippen LogP contribution in [0.15, 0.2) is 18.2 Å². The molecule has 0 aliphatic rings. The summed E-state index contributed by atoms with van der Waals surface area (Å²) in [5, 5.41) is 0. The highest BCUT2D eigenvalue weighted by Crippen LogP contribution is 2.24. The number of rotatable bonds is 5. The lowest BCUT2D eigenvalue weighted by molar-refractivity contribution is 0.301. The molecule has 0 saturated carbocycles. The third-order valence-electron chi connectivity index (χ3n) is 2.60. The maximum atomic E-state index is 13.5. The van der Waals surface area contributed by atoms with Crippen LogP contribution >= 0.6 is 0 Å². The summed E-state index contributed by atoms with van der Waals surface area (Å²) in [6.07, 6.45) is 1.92. The third kappa shape index (κ3) is 3.22. The fraction of sp³-hybridized carbons (Fsp3) is 0.538. The van der Waals surface area contributed by atoms with E-state index in [2.05, 4.69) is 13.8 Å². The van der Waals surface area contributed by atoms with Gasteiger partial charge in [-0.1, -0.05) is 26.8 Å². The van der Waals surface area contributed by atoms with Crippen LogP contribution in [0.4, 0.5) is 4.39 Å². The van der Waals surface area contributed by atoms with Crippen molar-refractivity contribution in [2.75, 3.05) is 6.61 Å². The van der Waals surface area contributed by atoms with E-state index in [0.717, 1.165) is 18.4 Å². The first-order valence-electron chi connectivity index (χ1n) is 5.61. The van der Waals surface area contributed by atoms with Crippen LogP contribution in [0.1, 0.15) is 45.1 Å². The monoisotopic (exact) mass is 210 g/mol. The molecule has 1 atom stereocenters. The molecule has 0 heterocycles. The van der Waals surface area contributed by atoms with Gasteiger partial charge in [0.1, 0.15) is 0 Å². The highest BCUT2D eigenvalue weighted by molar-refractivity contribution is 5.31. The molecule has 1 aromatic rings.